The van der Waals surface area contributed by atoms with Gasteiger partial charge in [0.2, 0.25) is 11.7 Å². The minimum Gasteiger partial charge on any atom is -0.493 e. The van der Waals surface area contributed by atoms with Crippen molar-refractivity contribution in [2.24, 2.45) is 0 Å². The van der Waals surface area contributed by atoms with E-state index in [-0.39, 0.29) is 17.7 Å². The summed E-state index contributed by atoms with van der Waals surface area (Å²) >= 11 is 0. The molecule has 2 saturated heterocycles. The van der Waals surface area contributed by atoms with Crippen LogP contribution in [0.1, 0.15) is 12.0 Å². The Bertz CT molecular complexity index is 889. The number of carbonyl (C=O) groups excluding carboxylic acids is 1. The maximum absolute atomic E-state index is 12.6. The molecule has 0 aromatic heterocycles. The number of ether oxygens (including phenoxy) is 3. The van der Waals surface area contributed by atoms with Gasteiger partial charge in [0.25, 0.3) is 0 Å². The molecule has 0 aliphatic carbocycles. The van der Waals surface area contributed by atoms with E-state index in [4.69, 9.17) is 14.2 Å². The van der Waals surface area contributed by atoms with Crippen LogP contribution in [-0.4, -0.2) is 83.3 Å². The van der Waals surface area contributed by atoms with Crippen LogP contribution in [0.4, 0.5) is 0 Å². The van der Waals surface area contributed by atoms with Crippen molar-refractivity contribution in [3.63, 3.8) is 0 Å². The summed E-state index contributed by atoms with van der Waals surface area (Å²) in [5, 5.41) is 0. The van der Waals surface area contributed by atoms with E-state index in [1.165, 1.54) is 4.90 Å². The third-order valence-corrected chi connectivity index (χ3v) is 7.56. The molecular formula is C20H27N2O6S+. The number of fused-ring (bicyclic) bond motifs is 1. The Kier molecular flexibility index (Phi) is 5.69. The van der Waals surface area contributed by atoms with Crippen molar-refractivity contribution in [1.29, 1.82) is 0 Å². The fourth-order valence-electron chi connectivity index (χ4n) is 4.20. The van der Waals surface area contributed by atoms with Gasteiger partial charge in [-0.2, -0.15) is 0 Å². The molecule has 2 fully saturated rings. The van der Waals surface area contributed by atoms with Gasteiger partial charge in [0, 0.05) is 12.5 Å². The molecule has 1 aromatic rings. The molecule has 0 bridgehead atoms. The number of sulfone groups is 1. The predicted octanol–water partition coefficient (Wildman–Crippen LogP) is -0.606. The van der Waals surface area contributed by atoms with Crippen LogP contribution in [0.15, 0.2) is 18.2 Å². The molecule has 0 saturated carbocycles. The fraction of sp³-hybridized carbons (Fsp3) is 0.550. The second-order valence-corrected chi connectivity index (χ2v) is 9.89. The lowest BCUT2D eigenvalue weighted by atomic mass is 10.1. The number of benzene rings is 1. The first-order valence-electron chi connectivity index (χ1n) is 9.95. The molecular weight excluding hydrogens is 396 g/mol. The number of piperazine rings is 1. The van der Waals surface area contributed by atoms with Crippen LogP contribution in [-0.2, 0) is 14.6 Å². The highest BCUT2D eigenvalue weighted by Gasteiger charge is 2.37. The Morgan fingerprint density at radius 2 is 2.00 bits per heavy atom. The summed E-state index contributed by atoms with van der Waals surface area (Å²) in [7, 11) is -1.30. The van der Waals surface area contributed by atoms with Crippen LogP contribution in [0.5, 0.6) is 17.2 Å². The molecule has 9 heteroatoms. The topological polar surface area (TPSA) is 86.6 Å². The summed E-state index contributed by atoms with van der Waals surface area (Å²) < 4.78 is 40.0. The smallest absolute Gasteiger partial charge is 0.246 e. The van der Waals surface area contributed by atoms with Gasteiger partial charge in [-0.25, -0.2) is 8.42 Å². The van der Waals surface area contributed by atoms with Crippen molar-refractivity contribution in [2.45, 2.75) is 12.5 Å². The molecule has 158 valence electrons. The number of quaternary nitrogens is 1. The average molecular weight is 424 g/mol. The zero-order chi connectivity index (χ0) is 20.4. The van der Waals surface area contributed by atoms with Crippen molar-refractivity contribution < 1.29 is 32.3 Å². The van der Waals surface area contributed by atoms with Gasteiger partial charge in [0.1, 0.15) is 25.0 Å². The van der Waals surface area contributed by atoms with Gasteiger partial charge in [-0.15, -0.1) is 0 Å². The molecule has 3 aliphatic heterocycles. The Hall–Kier alpha value is -2.26. The van der Waals surface area contributed by atoms with Gasteiger partial charge in [-0.3, -0.25) is 4.79 Å². The third-order valence-electron chi connectivity index (χ3n) is 5.80. The Morgan fingerprint density at radius 1 is 1.24 bits per heavy atom. The van der Waals surface area contributed by atoms with Crippen molar-refractivity contribution >= 4 is 21.8 Å². The lowest BCUT2D eigenvalue weighted by Gasteiger charge is -2.34. The normalized spacial score (nSPS) is 24.0. The molecule has 3 heterocycles. The second-order valence-electron chi connectivity index (χ2n) is 7.66. The quantitative estimate of drug-likeness (QED) is 0.651. The summed E-state index contributed by atoms with van der Waals surface area (Å²) in [5.74, 6) is 2.32. The Balaban J connectivity index is 1.36. The van der Waals surface area contributed by atoms with Gasteiger partial charge in [0.15, 0.2) is 21.3 Å². The predicted molar refractivity (Wildman–Crippen MR) is 107 cm³/mol. The first-order valence-corrected chi connectivity index (χ1v) is 11.8. The molecule has 0 unspecified atom stereocenters. The van der Waals surface area contributed by atoms with Crippen molar-refractivity contribution in [2.75, 3.05) is 58.0 Å². The molecule has 1 N–H and O–H groups in total. The van der Waals surface area contributed by atoms with E-state index < -0.39 is 9.84 Å². The summed E-state index contributed by atoms with van der Waals surface area (Å²) in [6, 6.07) is 3.83. The minimum absolute atomic E-state index is 0.0445. The van der Waals surface area contributed by atoms with Gasteiger partial charge in [-0.05, 0) is 23.8 Å². The first kappa shape index (κ1) is 20.0. The lowest BCUT2D eigenvalue weighted by molar-refractivity contribution is -0.925. The summed E-state index contributed by atoms with van der Waals surface area (Å²) in [5.41, 5.74) is 0.805. The summed E-state index contributed by atoms with van der Waals surface area (Å²) in [6.07, 6.45) is 4.05. The highest BCUT2D eigenvalue weighted by molar-refractivity contribution is 7.91. The van der Waals surface area contributed by atoms with Crippen molar-refractivity contribution in [3.05, 3.63) is 23.8 Å². The van der Waals surface area contributed by atoms with E-state index in [1.807, 2.05) is 17.0 Å². The monoisotopic (exact) mass is 423 g/mol. The molecule has 8 nitrogen and oxygen atoms in total. The number of rotatable bonds is 4. The number of nitrogens with one attached hydrogen (secondary N) is 1. The van der Waals surface area contributed by atoms with Crippen LogP contribution in [0, 0.1) is 0 Å². The number of amides is 1. The Labute approximate surface area is 170 Å². The molecule has 29 heavy (non-hydrogen) atoms. The number of hydrogen-bond acceptors (Lipinski definition) is 6. The highest BCUT2D eigenvalue weighted by Crippen LogP contribution is 2.40. The molecule has 0 radical (unpaired) electrons. The average Bonchev–Trinajstić information content (AvgIpc) is 3.11. The van der Waals surface area contributed by atoms with Gasteiger partial charge < -0.3 is 24.0 Å². The molecule has 1 amide bonds. The van der Waals surface area contributed by atoms with Gasteiger partial charge in [-0.1, -0.05) is 0 Å². The van der Waals surface area contributed by atoms with Gasteiger partial charge in [0.05, 0.1) is 39.0 Å². The summed E-state index contributed by atoms with van der Waals surface area (Å²) in [4.78, 5) is 15.7. The zero-order valence-electron chi connectivity index (χ0n) is 16.6. The number of hydrogen-bond donors (Lipinski definition) is 1. The second kappa shape index (κ2) is 8.23. The third kappa shape index (κ3) is 4.51. The van der Waals surface area contributed by atoms with Crippen molar-refractivity contribution in [3.8, 4) is 17.2 Å². The number of methoxy groups -OCH3 is 1. The number of nitrogens with zero attached hydrogens (tertiary/aromatic N) is 1. The maximum Gasteiger partial charge on any atom is 0.246 e. The SMILES string of the molecule is COc1cc(/C=C/C(=O)N2CC[NH+]([C@@H]3CCS(=O)(=O)C3)CC2)cc2c1OCCO2. The van der Waals surface area contributed by atoms with Crippen LogP contribution < -0.4 is 19.1 Å². The molecule has 4 rings (SSSR count). The maximum atomic E-state index is 12.6. The summed E-state index contributed by atoms with van der Waals surface area (Å²) in [6.45, 7) is 3.82. The van der Waals surface area contributed by atoms with E-state index in [0.29, 0.717) is 49.3 Å². The highest BCUT2D eigenvalue weighted by atomic mass is 32.2. The first-order chi connectivity index (χ1) is 13.9. The molecule has 3 aliphatic rings. The number of carbonyl (C=O) groups is 1. The van der Waals surface area contributed by atoms with E-state index in [9.17, 15) is 13.2 Å². The Morgan fingerprint density at radius 3 is 2.69 bits per heavy atom. The van der Waals surface area contributed by atoms with Gasteiger partial charge >= 0.3 is 0 Å². The van der Waals surface area contributed by atoms with Crippen LogP contribution in [0.3, 0.4) is 0 Å². The molecule has 0 spiro atoms. The molecule has 1 atom stereocenters. The fourth-order valence-corrected chi connectivity index (χ4v) is 6.03. The van der Waals surface area contributed by atoms with Crippen LogP contribution in [0.2, 0.25) is 0 Å². The van der Waals surface area contributed by atoms with E-state index in [0.717, 1.165) is 25.1 Å². The largest absolute Gasteiger partial charge is 0.493 e. The lowest BCUT2D eigenvalue weighted by Crippen LogP contribution is -3.18. The van der Waals surface area contributed by atoms with E-state index in [1.54, 1.807) is 19.3 Å². The van der Waals surface area contributed by atoms with E-state index >= 15 is 0 Å². The van der Waals surface area contributed by atoms with Crippen molar-refractivity contribution in [1.82, 2.24) is 4.90 Å². The standard InChI is InChI=1S/C20H26N2O6S/c1-26-17-12-15(13-18-20(17)28-10-9-27-18)2-3-19(23)22-7-5-21(6-8-22)16-4-11-29(24,25)14-16/h2-3,12-13,16H,4-11,14H2,1H3/p+1/b3-2+/t16-/m1/s1. The van der Waals surface area contributed by atoms with E-state index in [2.05, 4.69) is 0 Å². The molecule has 1 aromatic carbocycles. The van der Waals surface area contributed by atoms with Crippen LogP contribution in [0.25, 0.3) is 6.08 Å². The minimum atomic E-state index is -2.87. The van der Waals surface area contributed by atoms with Crippen LogP contribution >= 0.6 is 0 Å². The zero-order valence-corrected chi connectivity index (χ0v) is 17.4.